The molecule has 0 radical (unpaired) electrons. The van der Waals surface area contributed by atoms with Gasteiger partial charge in [-0.15, -0.1) is 0 Å². The first-order valence-electron chi connectivity index (χ1n) is 6.58. The largest absolute Gasteiger partial charge is 0.478 e. The van der Waals surface area contributed by atoms with Crippen LogP contribution < -0.4 is 4.31 Å². The maximum Gasteiger partial charge on any atom is 0.335 e. The standard InChI is InChI=1S/C14H19NO4S/c1-15(20(2,18)19)13-8-11(6-5-10-3-4-10)7-12(9-13)14(16)17/h7-10H,3-6H2,1-2H3,(H,16,17). The van der Waals surface area contributed by atoms with E-state index in [4.69, 9.17) is 5.11 Å². The predicted molar refractivity (Wildman–Crippen MR) is 77.7 cm³/mol. The first-order chi connectivity index (χ1) is 9.27. The van der Waals surface area contributed by atoms with Crippen molar-refractivity contribution in [2.75, 3.05) is 17.6 Å². The lowest BCUT2D eigenvalue weighted by atomic mass is 10.0. The number of sulfonamides is 1. The predicted octanol–water partition coefficient (Wildman–Crippen LogP) is 2.12. The third-order valence-corrected chi connectivity index (χ3v) is 4.83. The van der Waals surface area contributed by atoms with Crippen molar-refractivity contribution in [3.63, 3.8) is 0 Å². The zero-order valence-corrected chi connectivity index (χ0v) is 12.5. The van der Waals surface area contributed by atoms with E-state index in [1.165, 1.54) is 26.0 Å². The molecule has 0 heterocycles. The van der Waals surface area contributed by atoms with Crippen LogP contribution in [0.1, 0.15) is 35.2 Å². The minimum absolute atomic E-state index is 0.129. The van der Waals surface area contributed by atoms with Gasteiger partial charge in [0.1, 0.15) is 0 Å². The van der Waals surface area contributed by atoms with Crippen LogP contribution in [0, 0.1) is 5.92 Å². The van der Waals surface area contributed by atoms with Crippen molar-refractivity contribution in [3.05, 3.63) is 29.3 Å². The van der Waals surface area contributed by atoms with Crippen molar-refractivity contribution in [2.45, 2.75) is 25.7 Å². The number of benzene rings is 1. The molecule has 0 amide bonds. The zero-order valence-electron chi connectivity index (χ0n) is 11.7. The second-order valence-electron chi connectivity index (χ2n) is 5.41. The highest BCUT2D eigenvalue weighted by atomic mass is 32.2. The maximum absolute atomic E-state index is 11.6. The number of hydrogen-bond donors (Lipinski definition) is 1. The van der Waals surface area contributed by atoms with Crippen LogP contribution in [0.4, 0.5) is 5.69 Å². The van der Waals surface area contributed by atoms with E-state index in [-0.39, 0.29) is 5.56 Å². The highest BCUT2D eigenvalue weighted by Crippen LogP contribution is 2.34. The Morgan fingerprint density at radius 1 is 1.35 bits per heavy atom. The number of nitrogens with zero attached hydrogens (tertiary/aromatic N) is 1. The van der Waals surface area contributed by atoms with E-state index in [2.05, 4.69) is 0 Å². The molecule has 6 heteroatoms. The van der Waals surface area contributed by atoms with Gasteiger partial charge in [-0.25, -0.2) is 13.2 Å². The molecule has 110 valence electrons. The Bertz CT molecular complexity index is 620. The molecule has 1 fully saturated rings. The van der Waals surface area contributed by atoms with Crippen molar-refractivity contribution < 1.29 is 18.3 Å². The van der Waals surface area contributed by atoms with Crippen LogP contribution in [0.25, 0.3) is 0 Å². The smallest absolute Gasteiger partial charge is 0.335 e. The molecule has 0 bridgehead atoms. The van der Waals surface area contributed by atoms with Gasteiger partial charge in [-0.05, 0) is 42.5 Å². The molecule has 1 aromatic rings. The summed E-state index contributed by atoms with van der Waals surface area (Å²) in [5, 5.41) is 9.14. The number of hydrogen-bond acceptors (Lipinski definition) is 3. The fraction of sp³-hybridized carbons (Fsp3) is 0.500. The van der Waals surface area contributed by atoms with Gasteiger partial charge in [0.25, 0.3) is 0 Å². The molecule has 5 nitrogen and oxygen atoms in total. The molecule has 20 heavy (non-hydrogen) atoms. The van der Waals surface area contributed by atoms with Gasteiger partial charge in [-0.1, -0.05) is 12.8 Å². The monoisotopic (exact) mass is 297 g/mol. The molecular formula is C14H19NO4S. The molecule has 1 aromatic carbocycles. The SMILES string of the molecule is CN(c1cc(CCC2CC2)cc(C(=O)O)c1)S(C)(=O)=O. The van der Waals surface area contributed by atoms with Gasteiger partial charge in [0.05, 0.1) is 17.5 Å². The number of anilines is 1. The van der Waals surface area contributed by atoms with Crippen molar-refractivity contribution >= 4 is 21.7 Å². The molecule has 1 N–H and O–H groups in total. The zero-order chi connectivity index (χ0) is 14.9. The molecular weight excluding hydrogens is 278 g/mol. The minimum Gasteiger partial charge on any atom is -0.478 e. The Balaban J connectivity index is 2.31. The molecule has 0 spiro atoms. The van der Waals surface area contributed by atoms with Crippen LogP contribution >= 0.6 is 0 Å². The fourth-order valence-electron chi connectivity index (χ4n) is 2.09. The van der Waals surface area contributed by atoms with Gasteiger partial charge in [0, 0.05) is 7.05 Å². The van der Waals surface area contributed by atoms with Gasteiger partial charge < -0.3 is 5.11 Å². The molecule has 1 saturated carbocycles. The number of aromatic carboxylic acids is 1. The Labute approximate surface area is 119 Å². The summed E-state index contributed by atoms with van der Waals surface area (Å²) in [6.07, 6.45) is 5.41. The average Bonchev–Trinajstić information content (AvgIpc) is 3.18. The Morgan fingerprint density at radius 2 is 2.00 bits per heavy atom. The lowest BCUT2D eigenvalue weighted by Gasteiger charge is -2.18. The fourth-order valence-corrected chi connectivity index (χ4v) is 2.58. The van der Waals surface area contributed by atoms with E-state index in [1.807, 2.05) is 0 Å². The van der Waals surface area contributed by atoms with Crippen molar-refractivity contribution in [1.82, 2.24) is 0 Å². The number of aryl methyl sites for hydroxylation is 1. The minimum atomic E-state index is -3.39. The van der Waals surface area contributed by atoms with Crippen LogP contribution in [0.15, 0.2) is 18.2 Å². The molecule has 0 aromatic heterocycles. The summed E-state index contributed by atoms with van der Waals surface area (Å²) in [5.74, 6) is -0.291. The third-order valence-electron chi connectivity index (χ3n) is 3.62. The molecule has 0 unspecified atom stereocenters. The van der Waals surface area contributed by atoms with Crippen molar-refractivity contribution in [2.24, 2.45) is 5.92 Å². The summed E-state index contributed by atoms with van der Waals surface area (Å²) in [6.45, 7) is 0. The number of carboxylic acid groups (broad SMARTS) is 1. The first kappa shape index (κ1) is 14.8. The summed E-state index contributed by atoms with van der Waals surface area (Å²) in [7, 11) is -1.96. The molecule has 1 aliphatic rings. The topological polar surface area (TPSA) is 74.7 Å². The van der Waals surface area contributed by atoms with E-state index in [0.717, 1.165) is 34.9 Å². The van der Waals surface area contributed by atoms with Gasteiger partial charge in [-0.3, -0.25) is 4.31 Å². The van der Waals surface area contributed by atoms with Crippen molar-refractivity contribution in [3.8, 4) is 0 Å². The lowest BCUT2D eigenvalue weighted by molar-refractivity contribution is 0.0696. The quantitative estimate of drug-likeness (QED) is 0.872. The van der Waals surface area contributed by atoms with Crippen LogP contribution in [0.5, 0.6) is 0 Å². The number of carbonyl (C=O) groups is 1. The second-order valence-corrected chi connectivity index (χ2v) is 7.42. The van der Waals surface area contributed by atoms with Crippen LogP contribution in [-0.4, -0.2) is 32.8 Å². The van der Waals surface area contributed by atoms with Gasteiger partial charge in [0.2, 0.25) is 10.0 Å². The van der Waals surface area contributed by atoms with Gasteiger partial charge >= 0.3 is 5.97 Å². The number of rotatable bonds is 6. The van der Waals surface area contributed by atoms with E-state index >= 15 is 0 Å². The lowest BCUT2D eigenvalue weighted by Crippen LogP contribution is -2.25. The summed E-state index contributed by atoms with van der Waals surface area (Å²) >= 11 is 0. The highest BCUT2D eigenvalue weighted by molar-refractivity contribution is 7.92. The molecule has 0 atom stereocenters. The van der Waals surface area contributed by atoms with Crippen LogP contribution in [-0.2, 0) is 16.4 Å². The Morgan fingerprint density at radius 3 is 2.50 bits per heavy atom. The van der Waals surface area contributed by atoms with Crippen LogP contribution in [0.3, 0.4) is 0 Å². The highest BCUT2D eigenvalue weighted by Gasteiger charge is 2.21. The molecule has 0 aliphatic heterocycles. The third kappa shape index (κ3) is 3.72. The summed E-state index contributed by atoms with van der Waals surface area (Å²) in [6, 6.07) is 4.78. The average molecular weight is 297 g/mol. The summed E-state index contributed by atoms with van der Waals surface area (Å²) < 4.78 is 24.3. The van der Waals surface area contributed by atoms with E-state index in [1.54, 1.807) is 12.1 Å². The van der Waals surface area contributed by atoms with E-state index < -0.39 is 16.0 Å². The van der Waals surface area contributed by atoms with Gasteiger partial charge in [0.15, 0.2) is 0 Å². The molecule has 2 rings (SSSR count). The Hall–Kier alpha value is -1.56. The second kappa shape index (κ2) is 5.44. The van der Waals surface area contributed by atoms with E-state index in [9.17, 15) is 13.2 Å². The Kier molecular flexibility index (Phi) is 4.04. The normalized spacial score (nSPS) is 15.1. The number of carboxylic acids is 1. The van der Waals surface area contributed by atoms with Gasteiger partial charge in [-0.2, -0.15) is 0 Å². The summed E-state index contributed by atoms with van der Waals surface area (Å²) in [4.78, 5) is 11.2. The molecule has 0 saturated heterocycles. The summed E-state index contributed by atoms with van der Waals surface area (Å²) in [5.41, 5.74) is 1.41. The van der Waals surface area contributed by atoms with Crippen molar-refractivity contribution in [1.29, 1.82) is 0 Å². The molecule has 1 aliphatic carbocycles. The van der Waals surface area contributed by atoms with E-state index in [0.29, 0.717) is 5.69 Å². The maximum atomic E-state index is 11.6. The first-order valence-corrected chi connectivity index (χ1v) is 8.43. The van der Waals surface area contributed by atoms with Crippen LogP contribution in [0.2, 0.25) is 0 Å².